The van der Waals surface area contributed by atoms with Gasteiger partial charge in [0.2, 0.25) is 0 Å². The second-order valence-corrected chi connectivity index (χ2v) is 10.2. The van der Waals surface area contributed by atoms with Gasteiger partial charge in [0.05, 0.1) is 28.1 Å². The number of carbonyl (C=O) groups is 2. The number of aromatic carboxylic acids is 1. The van der Waals surface area contributed by atoms with E-state index in [0.717, 1.165) is 9.69 Å². The third-order valence-corrected chi connectivity index (χ3v) is 7.53. The number of H-pyrrole nitrogens is 2. The van der Waals surface area contributed by atoms with Crippen molar-refractivity contribution in [3.8, 4) is 23.0 Å². The lowest BCUT2D eigenvalue weighted by Gasteiger charge is -2.13. The van der Waals surface area contributed by atoms with E-state index in [4.69, 9.17) is 5.11 Å². The van der Waals surface area contributed by atoms with Gasteiger partial charge in [-0.15, -0.1) is 10.2 Å². The number of carbonyl (C=O) groups excluding carboxylic acids is 1. The number of anilines is 1. The highest BCUT2D eigenvalue weighted by molar-refractivity contribution is 6.08. The minimum absolute atomic E-state index is 0.0514. The predicted octanol–water partition coefficient (Wildman–Crippen LogP) is 1.05. The number of aliphatic hydroxyl groups is 2. The van der Waals surface area contributed by atoms with Gasteiger partial charge < -0.3 is 30.4 Å². The second-order valence-electron chi connectivity index (χ2n) is 10.2. The molecule has 1 amide bonds. The van der Waals surface area contributed by atoms with Gasteiger partial charge in [-0.1, -0.05) is 18.2 Å². The van der Waals surface area contributed by atoms with Crippen molar-refractivity contribution >= 4 is 29.7 Å². The number of pyridine rings is 2. The van der Waals surface area contributed by atoms with E-state index < -0.39 is 29.3 Å². The molecule has 14 nitrogen and oxygen atoms in total. The van der Waals surface area contributed by atoms with E-state index in [-0.39, 0.29) is 50.2 Å². The van der Waals surface area contributed by atoms with Crippen LogP contribution in [0.5, 0.6) is 5.88 Å². The van der Waals surface area contributed by atoms with Crippen molar-refractivity contribution in [3.05, 3.63) is 119 Å². The molecule has 4 heterocycles. The van der Waals surface area contributed by atoms with Crippen molar-refractivity contribution in [2.75, 3.05) is 5.01 Å². The van der Waals surface area contributed by atoms with Crippen molar-refractivity contribution in [1.29, 1.82) is 0 Å². The van der Waals surface area contributed by atoms with Crippen LogP contribution in [0, 0.1) is 13.8 Å². The van der Waals surface area contributed by atoms with E-state index >= 15 is 0 Å². The third kappa shape index (κ3) is 4.89. The smallest absolute Gasteiger partial charge is 0.335 e. The van der Waals surface area contributed by atoms with E-state index in [0.29, 0.717) is 22.5 Å². The Morgan fingerprint density at radius 3 is 2.22 bits per heavy atom. The van der Waals surface area contributed by atoms with Gasteiger partial charge in [-0.2, -0.15) is 9.69 Å². The number of aliphatic hydroxyl groups excluding tert-OH is 1. The number of carboxylic acids is 1. The minimum atomic E-state index is -1.66. The predicted molar refractivity (Wildman–Crippen MR) is 161 cm³/mol. The minimum Gasteiger partial charge on any atom is -0.494 e. The highest BCUT2D eigenvalue weighted by Gasteiger charge is 2.28. The molecule has 0 saturated heterocycles. The molecule has 226 valence electrons. The van der Waals surface area contributed by atoms with Gasteiger partial charge in [-0.3, -0.25) is 14.4 Å². The van der Waals surface area contributed by atoms with Crippen LogP contribution in [0.25, 0.3) is 29.2 Å². The first-order chi connectivity index (χ1) is 21.5. The lowest BCUT2D eigenvalue weighted by Crippen LogP contribution is -2.38. The summed E-state index contributed by atoms with van der Waals surface area (Å²) in [5.41, 5.74) is 1.52. The first kappa shape index (κ1) is 29.0. The van der Waals surface area contributed by atoms with Gasteiger partial charge >= 0.3 is 5.97 Å². The molecule has 0 fully saturated rings. The molecule has 1 aromatic heterocycles. The quantitative estimate of drug-likeness (QED) is 0.152. The summed E-state index contributed by atoms with van der Waals surface area (Å²) in [6.07, 6.45) is 2.80. The van der Waals surface area contributed by atoms with Crippen molar-refractivity contribution in [3.63, 3.8) is 0 Å². The molecule has 0 atom stereocenters. The van der Waals surface area contributed by atoms with Crippen LogP contribution >= 0.6 is 0 Å². The Balaban J connectivity index is 1.35. The van der Waals surface area contributed by atoms with Crippen molar-refractivity contribution in [1.82, 2.24) is 19.7 Å². The van der Waals surface area contributed by atoms with Crippen LogP contribution in [-0.2, 0) is 0 Å². The largest absolute Gasteiger partial charge is 0.494 e. The fourth-order valence-corrected chi connectivity index (χ4v) is 5.16. The SMILES string of the molecule is Cc1c(/C=C/C=c2/c(C)c3c([nH]c2=O)=NN(c2ccc(C(O)O)cc2)C3=O)c(O)[nH]c2nn(-c3ccc(C(=O)O)cc3)c(=O)c1-2. The summed E-state index contributed by atoms with van der Waals surface area (Å²) in [4.78, 5) is 56.0. The zero-order valence-corrected chi connectivity index (χ0v) is 23.6. The van der Waals surface area contributed by atoms with Gasteiger partial charge in [-0.25, -0.2) is 4.79 Å². The molecule has 0 spiro atoms. The molecule has 14 heteroatoms. The normalized spacial score (nSPS) is 13.3. The number of amides is 1. The highest BCUT2D eigenvalue weighted by Crippen LogP contribution is 2.30. The standard InChI is InChI=1S/C31H24N6O8/c1-14-20(26(38)32-24-22(14)28(40)36(34-24)18-10-6-16(7-11-18)30(42)43)4-3-5-21-15(2)23-25(33-27(21)39)35-37(29(23)41)19-12-8-17(9-13-19)31(44)45/h3-13,30,42-43H,1-2H3,(H,44,45)(H,32,34,38)(H2,33,35,39)/b5-3+,20-4-. The fourth-order valence-electron chi connectivity index (χ4n) is 5.16. The Labute approximate surface area is 252 Å². The van der Waals surface area contributed by atoms with Crippen LogP contribution < -0.4 is 26.8 Å². The van der Waals surface area contributed by atoms with Gasteiger partial charge in [0.1, 0.15) is 0 Å². The Bertz CT molecular complexity index is 2260. The second kappa shape index (κ2) is 10.9. The van der Waals surface area contributed by atoms with E-state index in [1.54, 1.807) is 13.8 Å². The van der Waals surface area contributed by atoms with Crippen LogP contribution in [0.15, 0.2) is 69.3 Å². The average molecular weight is 609 g/mol. The van der Waals surface area contributed by atoms with Crippen LogP contribution in [-0.4, -0.2) is 52.1 Å². The molecule has 0 saturated carbocycles. The van der Waals surface area contributed by atoms with E-state index in [1.165, 1.54) is 66.8 Å². The molecule has 0 radical (unpaired) electrons. The number of benzene rings is 2. The number of aromatic amines is 2. The average Bonchev–Trinajstić information content (AvgIpc) is 3.52. The summed E-state index contributed by atoms with van der Waals surface area (Å²) >= 11 is 0. The zero-order chi connectivity index (χ0) is 32.2. The van der Waals surface area contributed by atoms with Crippen molar-refractivity contribution < 1.29 is 30.0 Å². The van der Waals surface area contributed by atoms with Crippen LogP contribution in [0.3, 0.4) is 0 Å². The molecule has 6 rings (SSSR count). The Hall–Kier alpha value is -6.12. The lowest BCUT2D eigenvalue weighted by molar-refractivity contribution is -0.0424. The maximum Gasteiger partial charge on any atom is 0.335 e. The first-order valence-corrected chi connectivity index (χ1v) is 13.4. The third-order valence-electron chi connectivity index (χ3n) is 7.53. The number of aromatic nitrogens is 4. The fraction of sp³-hybridized carbons (Fsp3) is 0.0968. The summed E-state index contributed by atoms with van der Waals surface area (Å²) in [5, 5.41) is 48.3. The molecule has 2 aromatic carbocycles. The molecule has 45 heavy (non-hydrogen) atoms. The number of fused-ring (bicyclic) bond motifs is 2. The summed E-state index contributed by atoms with van der Waals surface area (Å²) in [5.74, 6) is -1.75. The van der Waals surface area contributed by atoms with E-state index in [1.807, 2.05) is 0 Å². The Morgan fingerprint density at radius 1 is 0.911 bits per heavy atom. The van der Waals surface area contributed by atoms with Gasteiger partial charge in [0.25, 0.3) is 17.0 Å². The molecule has 3 aliphatic rings. The topological polar surface area (TPSA) is 214 Å². The Kier molecular flexibility index (Phi) is 6.99. The molecular weight excluding hydrogens is 584 g/mol. The number of carboxylic acid groups (broad SMARTS) is 1. The van der Waals surface area contributed by atoms with Crippen molar-refractivity contribution in [2.24, 2.45) is 5.10 Å². The van der Waals surface area contributed by atoms with E-state index in [9.17, 15) is 34.5 Å². The number of allylic oxidation sites excluding steroid dienone is 1. The van der Waals surface area contributed by atoms with Crippen molar-refractivity contribution in [2.45, 2.75) is 20.1 Å². The molecule has 3 aromatic rings. The van der Waals surface area contributed by atoms with Gasteiger partial charge in [0.15, 0.2) is 23.5 Å². The van der Waals surface area contributed by atoms with Crippen LogP contribution in [0.1, 0.15) is 49.3 Å². The summed E-state index contributed by atoms with van der Waals surface area (Å²) in [6, 6.07) is 11.5. The molecular formula is C31H24N6O8. The van der Waals surface area contributed by atoms with Gasteiger partial charge in [-0.05, 0) is 73.5 Å². The highest BCUT2D eigenvalue weighted by atomic mass is 16.5. The number of aromatic hydroxyl groups is 1. The first-order valence-electron chi connectivity index (χ1n) is 13.4. The van der Waals surface area contributed by atoms with E-state index in [2.05, 4.69) is 20.2 Å². The summed E-state index contributed by atoms with van der Waals surface area (Å²) < 4.78 is 1.10. The summed E-state index contributed by atoms with van der Waals surface area (Å²) in [7, 11) is 0. The Morgan fingerprint density at radius 2 is 1.58 bits per heavy atom. The lowest BCUT2D eigenvalue weighted by atomic mass is 10.0. The maximum atomic E-state index is 13.3. The number of nitrogens with one attached hydrogen (secondary N) is 2. The molecule has 6 N–H and O–H groups in total. The zero-order valence-electron chi connectivity index (χ0n) is 23.6. The van der Waals surface area contributed by atoms with Gasteiger partial charge in [0, 0.05) is 16.3 Å². The van der Waals surface area contributed by atoms with Crippen LogP contribution in [0.2, 0.25) is 0 Å². The summed E-state index contributed by atoms with van der Waals surface area (Å²) in [6.45, 7) is 3.24. The molecule has 0 aliphatic carbocycles. The number of hydrogen-bond acceptors (Lipinski definition) is 9. The molecule has 3 aliphatic heterocycles. The number of nitrogens with zero attached hydrogens (tertiary/aromatic N) is 4. The molecule has 0 unspecified atom stereocenters. The monoisotopic (exact) mass is 608 g/mol. The number of rotatable bonds is 6. The molecule has 0 bridgehead atoms. The maximum absolute atomic E-state index is 13.3. The van der Waals surface area contributed by atoms with Crippen LogP contribution in [0.4, 0.5) is 5.69 Å². The number of hydrogen-bond donors (Lipinski definition) is 6.